The molecule has 0 radical (unpaired) electrons. The first kappa shape index (κ1) is 20.0. The molecule has 8 nitrogen and oxygen atoms in total. The van der Waals surface area contributed by atoms with Crippen molar-refractivity contribution in [3.05, 3.63) is 71.7 Å². The molecule has 5 aromatic rings. The van der Waals surface area contributed by atoms with E-state index < -0.39 is 5.82 Å². The van der Waals surface area contributed by atoms with Crippen LogP contribution in [-0.4, -0.2) is 38.0 Å². The fourth-order valence-electron chi connectivity index (χ4n) is 3.85. The molecule has 0 atom stereocenters. The largest absolute Gasteiger partial charge is 0.366 e. The van der Waals surface area contributed by atoms with Gasteiger partial charge in [0.2, 0.25) is 6.41 Å². The summed E-state index contributed by atoms with van der Waals surface area (Å²) >= 11 is 6.59. The van der Waals surface area contributed by atoms with Crippen molar-refractivity contribution in [2.24, 2.45) is 0 Å². The van der Waals surface area contributed by atoms with Gasteiger partial charge in [0.05, 0.1) is 22.9 Å². The van der Waals surface area contributed by atoms with Crippen molar-refractivity contribution in [3.63, 3.8) is 0 Å². The minimum atomic E-state index is -0.538. The summed E-state index contributed by atoms with van der Waals surface area (Å²) in [6, 6.07) is 7.33. The standard InChI is InChI=1S/C22H17ClFN7O/c1-30(9-13-4-6-25-7-5-13)22-20(24)19(23)18(15-8-27-29-21(15)22)14-2-3-17-28-16(26-12-32)11-31(17)10-14/h2-8,10-12H,9H2,1H3,(H,26,32)(H,27,29). The lowest BCUT2D eigenvalue weighted by Gasteiger charge is -2.22. The molecule has 0 aliphatic heterocycles. The molecule has 0 aliphatic rings. The maximum Gasteiger partial charge on any atom is 0.212 e. The Hall–Kier alpha value is -3.98. The molecule has 1 amide bonds. The molecular weight excluding hydrogens is 433 g/mol. The molecule has 1 aromatic carbocycles. The monoisotopic (exact) mass is 449 g/mol. The summed E-state index contributed by atoms with van der Waals surface area (Å²) in [6.07, 6.45) is 9.04. The topological polar surface area (TPSA) is 91.2 Å². The molecule has 160 valence electrons. The van der Waals surface area contributed by atoms with Gasteiger partial charge in [0, 0.05) is 48.7 Å². The molecule has 5 rings (SSSR count). The van der Waals surface area contributed by atoms with E-state index in [1.807, 2.05) is 12.1 Å². The normalized spacial score (nSPS) is 11.2. The van der Waals surface area contributed by atoms with Gasteiger partial charge in [0.15, 0.2) is 11.6 Å². The zero-order valence-electron chi connectivity index (χ0n) is 16.9. The first-order chi connectivity index (χ1) is 15.6. The van der Waals surface area contributed by atoms with Crippen LogP contribution in [0.15, 0.2) is 55.2 Å². The van der Waals surface area contributed by atoms with Crippen LogP contribution in [0.2, 0.25) is 5.02 Å². The van der Waals surface area contributed by atoms with Gasteiger partial charge in [-0.2, -0.15) is 5.10 Å². The fraction of sp³-hybridized carbons (Fsp3) is 0.0909. The Morgan fingerprint density at radius 2 is 2.06 bits per heavy atom. The number of imidazole rings is 1. The van der Waals surface area contributed by atoms with Gasteiger partial charge in [-0.3, -0.25) is 14.9 Å². The molecule has 4 heterocycles. The molecule has 0 saturated carbocycles. The van der Waals surface area contributed by atoms with Gasteiger partial charge in [-0.05, 0) is 29.8 Å². The van der Waals surface area contributed by atoms with Gasteiger partial charge < -0.3 is 14.6 Å². The zero-order valence-corrected chi connectivity index (χ0v) is 17.6. The number of hydrogen-bond donors (Lipinski definition) is 2. The van der Waals surface area contributed by atoms with E-state index in [-0.39, 0.29) is 5.02 Å². The van der Waals surface area contributed by atoms with Crippen LogP contribution in [0.3, 0.4) is 0 Å². The van der Waals surface area contributed by atoms with Crippen molar-refractivity contribution >= 4 is 46.1 Å². The van der Waals surface area contributed by atoms with Crippen molar-refractivity contribution in [1.82, 2.24) is 24.6 Å². The molecule has 32 heavy (non-hydrogen) atoms. The highest BCUT2D eigenvalue weighted by atomic mass is 35.5. The van der Waals surface area contributed by atoms with Gasteiger partial charge in [-0.15, -0.1) is 0 Å². The maximum absolute atomic E-state index is 15.6. The van der Waals surface area contributed by atoms with Crippen molar-refractivity contribution in [2.45, 2.75) is 6.54 Å². The van der Waals surface area contributed by atoms with Gasteiger partial charge >= 0.3 is 0 Å². The van der Waals surface area contributed by atoms with Gasteiger partial charge in [-0.25, -0.2) is 9.37 Å². The average molecular weight is 450 g/mol. The molecule has 0 aliphatic carbocycles. The number of nitrogens with zero attached hydrogens (tertiary/aromatic N) is 5. The summed E-state index contributed by atoms with van der Waals surface area (Å²) in [5, 5.41) is 10.3. The van der Waals surface area contributed by atoms with E-state index in [1.54, 1.807) is 59.5 Å². The van der Waals surface area contributed by atoms with Crippen LogP contribution in [-0.2, 0) is 11.3 Å². The Kier molecular flexibility index (Phi) is 4.95. The molecule has 0 fully saturated rings. The number of carbonyl (C=O) groups is 1. The van der Waals surface area contributed by atoms with Crippen LogP contribution in [0.4, 0.5) is 15.9 Å². The van der Waals surface area contributed by atoms with E-state index in [1.165, 1.54) is 0 Å². The second kappa shape index (κ2) is 7.93. The Morgan fingerprint density at radius 3 is 2.84 bits per heavy atom. The number of pyridine rings is 2. The van der Waals surface area contributed by atoms with E-state index in [0.717, 1.165) is 5.56 Å². The summed E-state index contributed by atoms with van der Waals surface area (Å²) in [4.78, 5) is 20.8. The molecule has 10 heteroatoms. The van der Waals surface area contributed by atoms with Gasteiger partial charge in [-0.1, -0.05) is 11.6 Å². The lowest BCUT2D eigenvalue weighted by Crippen LogP contribution is -2.18. The predicted molar refractivity (Wildman–Crippen MR) is 121 cm³/mol. The summed E-state index contributed by atoms with van der Waals surface area (Å²) in [5.74, 6) is -0.125. The van der Waals surface area contributed by atoms with Crippen molar-refractivity contribution in [1.29, 1.82) is 0 Å². The number of anilines is 2. The van der Waals surface area contributed by atoms with E-state index in [2.05, 4.69) is 25.5 Å². The smallest absolute Gasteiger partial charge is 0.212 e. The molecule has 0 bridgehead atoms. The summed E-state index contributed by atoms with van der Waals surface area (Å²) in [5.41, 5.74) is 3.71. The first-order valence-electron chi connectivity index (χ1n) is 9.70. The molecule has 0 saturated heterocycles. The number of fused-ring (bicyclic) bond motifs is 2. The molecule has 0 unspecified atom stereocenters. The highest BCUT2D eigenvalue weighted by molar-refractivity contribution is 6.36. The second-order valence-electron chi connectivity index (χ2n) is 7.29. The summed E-state index contributed by atoms with van der Waals surface area (Å²) < 4.78 is 17.4. The average Bonchev–Trinajstić information content (AvgIpc) is 3.41. The number of amides is 1. The zero-order chi connectivity index (χ0) is 22.2. The highest BCUT2D eigenvalue weighted by Crippen LogP contribution is 2.42. The minimum Gasteiger partial charge on any atom is -0.366 e. The van der Waals surface area contributed by atoms with E-state index in [4.69, 9.17) is 11.6 Å². The SMILES string of the molecule is CN(Cc1ccncc1)c1c(F)c(Cl)c(-c2ccc3nc(NC=O)cn3c2)c2cn[nH]c12. The Balaban J connectivity index is 1.63. The lowest BCUT2D eigenvalue weighted by atomic mass is 10.0. The minimum absolute atomic E-state index is 0.00110. The fourth-order valence-corrected chi connectivity index (χ4v) is 4.15. The summed E-state index contributed by atoms with van der Waals surface area (Å²) in [6.45, 7) is 0.469. The molecular formula is C22H17ClFN7O. The molecule has 2 N–H and O–H groups in total. The number of aromatic amines is 1. The third-order valence-electron chi connectivity index (χ3n) is 5.26. The lowest BCUT2D eigenvalue weighted by molar-refractivity contribution is -0.105. The quantitative estimate of drug-likeness (QED) is 0.378. The van der Waals surface area contributed by atoms with Crippen LogP contribution < -0.4 is 10.2 Å². The van der Waals surface area contributed by atoms with Crippen molar-refractivity contribution in [2.75, 3.05) is 17.3 Å². The van der Waals surface area contributed by atoms with Crippen LogP contribution >= 0.6 is 11.6 Å². The van der Waals surface area contributed by atoms with Gasteiger partial charge in [0.25, 0.3) is 0 Å². The Labute approximate surface area is 186 Å². The predicted octanol–water partition coefficient (Wildman–Crippen LogP) is 4.27. The first-order valence-corrected chi connectivity index (χ1v) is 10.1. The van der Waals surface area contributed by atoms with E-state index >= 15 is 4.39 Å². The maximum atomic E-state index is 15.6. The number of nitrogens with one attached hydrogen (secondary N) is 2. The molecule has 4 aromatic heterocycles. The van der Waals surface area contributed by atoms with Crippen LogP contribution in [0.5, 0.6) is 0 Å². The third kappa shape index (κ3) is 3.32. The number of H-pyrrole nitrogens is 1. The van der Waals surface area contributed by atoms with Gasteiger partial charge in [0.1, 0.15) is 11.3 Å². The number of hydrogen-bond acceptors (Lipinski definition) is 5. The van der Waals surface area contributed by atoms with Crippen molar-refractivity contribution in [3.8, 4) is 11.1 Å². The van der Waals surface area contributed by atoms with Crippen LogP contribution in [0.1, 0.15) is 5.56 Å². The van der Waals surface area contributed by atoms with Crippen molar-refractivity contribution < 1.29 is 9.18 Å². The summed E-state index contributed by atoms with van der Waals surface area (Å²) in [7, 11) is 1.80. The Bertz CT molecular complexity index is 1450. The van der Waals surface area contributed by atoms with E-state index in [9.17, 15) is 4.79 Å². The number of halogens is 2. The van der Waals surface area contributed by atoms with E-state index in [0.29, 0.717) is 52.1 Å². The number of carbonyl (C=O) groups excluding carboxylic acids is 1. The third-order valence-corrected chi connectivity index (χ3v) is 5.62. The number of rotatable bonds is 6. The van der Waals surface area contributed by atoms with Crippen LogP contribution in [0, 0.1) is 5.82 Å². The number of benzene rings is 1. The van der Waals surface area contributed by atoms with Crippen LogP contribution in [0.25, 0.3) is 27.7 Å². The molecule has 0 spiro atoms. The number of aromatic nitrogens is 5. The second-order valence-corrected chi connectivity index (χ2v) is 7.67. The Morgan fingerprint density at radius 1 is 1.25 bits per heavy atom. The highest BCUT2D eigenvalue weighted by Gasteiger charge is 2.24.